The molecule has 0 unspecified atom stereocenters. The number of benzene rings is 2. The minimum absolute atomic E-state index is 0. The summed E-state index contributed by atoms with van der Waals surface area (Å²) < 4.78 is 10.7. The molecule has 5 nitrogen and oxygen atoms in total. The molecular formula is C17H24IN3O2. The number of halogens is 1. The Labute approximate surface area is 154 Å². The van der Waals surface area contributed by atoms with Crippen LogP contribution in [-0.4, -0.2) is 39.4 Å². The molecular weight excluding hydrogens is 405 g/mol. The summed E-state index contributed by atoms with van der Waals surface area (Å²) in [4.78, 5) is 4.22. The van der Waals surface area contributed by atoms with Crippen molar-refractivity contribution < 1.29 is 9.47 Å². The Kier molecular flexibility index (Phi) is 9.39. The average Bonchev–Trinajstić information content (AvgIpc) is 2.54. The van der Waals surface area contributed by atoms with Crippen molar-refractivity contribution in [1.29, 1.82) is 0 Å². The van der Waals surface area contributed by atoms with Crippen LogP contribution >= 0.6 is 24.0 Å². The fourth-order valence-corrected chi connectivity index (χ4v) is 2.05. The lowest BCUT2D eigenvalue weighted by atomic mass is 10.1. The Bertz CT molecular complexity index is 620. The number of fused-ring (bicyclic) bond motifs is 1. The van der Waals surface area contributed by atoms with Crippen LogP contribution < -0.4 is 15.8 Å². The lowest BCUT2D eigenvalue weighted by molar-refractivity contribution is 0.204. The van der Waals surface area contributed by atoms with Gasteiger partial charge in [-0.05, 0) is 22.9 Å². The predicted octanol–water partition coefficient (Wildman–Crippen LogP) is 2.78. The third-order valence-electron chi connectivity index (χ3n) is 3.19. The maximum absolute atomic E-state index is 5.74. The largest absolute Gasteiger partial charge is 0.494 e. The van der Waals surface area contributed by atoms with E-state index in [9.17, 15) is 0 Å². The molecule has 0 bridgehead atoms. The summed E-state index contributed by atoms with van der Waals surface area (Å²) in [5.41, 5.74) is 5.71. The molecule has 2 aromatic carbocycles. The van der Waals surface area contributed by atoms with Crippen molar-refractivity contribution >= 4 is 40.7 Å². The molecule has 0 aliphatic carbocycles. The molecule has 0 heterocycles. The van der Waals surface area contributed by atoms with E-state index >= 15 is 0 Å². The molecule has 23 heavy (non-hydrogen) atoms. The number of methoxy groups -OCH3 is 1. The highest BCUT2D eigenvalue weighted by Crippen LogP contribution is 2.20. The molecule has 2 rings (SSSR count). The second-order valence-corrected chi connectivity index (χ2v) is 4.90. The monoisotopic (exact) mass is 429 g/mol. The van der Waals surface area contributed by atoms with Crippen molar-refractivity contribution in [1.82, 2.24) is 5.32 Å². The van der Waals surface area contributed by atoms with E-state index < -0.39 is 0 Å². The molecule has 0 radical (unpaired) electrons. The van der Waals surface area contributed by atoms with E-state index in [1.165, 1.54) is 10.8 Å². The molecule has 0 aliphatic rings. The molecule has 0 spiro atoms. The highest BCUT2D eigenvalue weighted by molar-refractivity contribution is 14.0. The number of aliphatic imine (C=N–C) groups is 1. The summed E-state index contributed by atoms with van der Waals surface area (Å²) in [6.45, 7) is 2.54. The SMILES string of the molecule is COCCNC(N)=NCCCOc1ccc2ccccc2c1.I. The highest BCUT2D eigenvalue weighted by Gasteiger charge is 1.97. The zero-order valence-electron chi connectivity index (χ0n) is 13.3. The fourth-order valence-electron chi connectivity index (χ4n) is 2.05. The first-order valence-electron chi connectivity index (χ1n) is 7.44. The Hall–Kier alpha value is -1.54. The van der Waals surface area contributed by atoms with Crippen LogP contribution in [0.5, 0.6) is 5.75 Å². The van der Waals surface area contributed by atoms with Crippen LogP contribution in [-0.2, 0) is 4.74 Å². The van der Waals surface area contributed by atoms with Crippen LogP contribution in [0.4, 0.5) is 0 Å². The first-order valence-corrected chi connectivity index (χ1v) is 7.44. The smallest absolute Gasteiger partial charge is 0.188 e. The summed E-state index contributed by atoms with van der Waals surface area (Å²) in [5, 5.41) is 5.38. The number of nitrogens with zero attached hydrogens (tertiary/aromatic N) is 1. The maximum Gasteiger partial charge on any atom is 0.188 e. The molecule has 3 N–H and O–H groups in total. The Morgan fingerprint density at radius 1 is 1.13 bits per heavy atom. The van der Waals surface area contributed by atoms with E-state index in [1.807, 2.05) is 18.2 Å². The van der Waals surface area contributed by atoms with Gasteiger partial charge in [-0.1, -0.05) is 30.3 Å². The lowest BCUT2D eigenvalue weighted by Gasteiger charge is -2.07. The summed E-state index contributed by atoms with van der Waals surface area (Å²) in [6.07, 6.45) is 0.819. The molecule has 2 aromatic rings. The summed E-state index contributed by atoms with van der Waals surface area (Å²) in [7, 11) is 1.65. The van der Waals surface area contributed by atoms with Crippen LogP contribution in [0.15, 0.2) is 47.5 Å². The van der Waals surface area contributed by atoms with Gasteiger partial charge in [-0.2, -0.15) is 0 Å². The van der Waals surface area contributed by atoms with Crippen molar-refractivity contribution in [2.45, 2.75) is 6.42 Å². The van der Waals surface area contributed by atoms with Gasteiger partial charge in [-0.3, -0.25) is 4.99 Å². The highest BCUT2D eigenvalue weighted by atomic mass is 127. The van der Waals surface area contributed by atoms with Gasteiger partial charge in [-0.25, -0.2) is 0 Å². The molecule has 126 valence electrons. The number of guanidine groups is 1. The van der Waals surface area contributed by atoms with E-state index in [1.54, 1.807) is 7.11 Å². The standard InChI is InChI=1S/C17H23N3O2.HI/c1-21-12-10-20-17(18)19-9-4-11-22-16-8-7-14-5-2-3-6-15(14)13-16;/h2-3,5-8,13H,4,9-12H2,1H3,(H3,18,19,20);1H. The third kappa shape index (κ3) is 7.04. The van der Waals surface area contributed by atoms with Crippen molar-refractivity contribution in [3.63, 3.8) is 0 Å². The number of hydrogen-bond donors (Lipinski definition) is 2. The number of ether oxygens (including phenoxy) is 2. The number of nitrogens with two attached hydrogens (primary N) is 1. The van der Waals surface area contributed by atoms with Crippen LogP contribution in [0.1, 0.15) is 6.42 Å². The van der Waals surface area contributed by atoms with Gasteiger partial charge < -0.3 is 20.5 Å². The van der Waals surface area contributed by atoms with Crippen LogP contribution in [0.2, 0.25) is 0 Å². The van der Waals surface area contributed by atoms with Gasteiger partial charge in [0.2, 0.25) is 0 Å². The first-order chi connectivity index (χ1) is 10.8. The zero-order chi connectivity index (χ0) is 15.6. The molecule has 0 saturated carbocycles. The van der Waals surface area contributed by atoms with Crippen LogP contribution in [0.25, 0.3) is 10.8 Å². The van der Waals surface area contributed by atoms with E-state index in [0.717, 1.165) is 12.2 Å². The Balaban J connectivity index is 0.00000264. The number of hydrogen-bond acceptors (Lipinski definition) is 3. The van der Waals surface area contributed by atoms with Crippen molar-refractivity contribution in [3.8, 4) is 5.75 Å². The van der Waals surface area contributed by atoms with E-state index in [4.69, 9.17) is 15.2 Å². The summed E-state index contributed by atoms with van der Waals surface area (Å²) >= 11 is 0. The quantitative estimate of drug-likeness (QED) is 0.293. The molecule has 6 heteroatoms. The Morgan fingerprint density at radius 3 is 2.70 bits per heavy atom. The maximum atomic E-state index is 5.74. The summed E-state index contributed by atoms with van der Waals surface area (Å²) in [6, 6.07) is 14.4. The zero-order valence-corrected chi connectivity index (χ0v) is 15.7. The molecule has 0 aromatic heterocycles. The van der Waals surface area contributed by atoms with E-state index in [0.29, 0.717) is 32.3 Å². The van der Waals surface area contributed by atoms with Gasteiger partial charge in [0.05, 0.1) is 13.2 Å². The van der Waals surface area contributed by atoms with Crippen LogP contribution in [0, 0.1) is 0 Å². The third-order valence-corrected chi connectivity index (χ3v) is 3.19. The molecule has 0 saturated heterocycles. The van der Waals surface area contributed by atoms with Gasteiger partial charge in [0.15, 0.2) is 5.96 Å². The predicted molar refractivity (Wildman–Crippen MR) is 106 cm³/mol. The van der Waals surface area contributed by atoms with Crippen molar-refractivity contribution in [3.05, 3.63) is 42.5 Å². The van der Waals surface area contributed by atoms with E-state index in [2.05, 4.69) is 34.6 Å². The lowest BCUT2D eigenvalue weighted by Crippen LogP contribution is -2.34. The van der Waals surface area contributed by atoms with E-state index in [-0.39, 0.29) is 24.0 Å². The Morgan fingerprint density at radius 2 is 1.91 bits per heavy atom. The molecule has 0 amide bonds. The van der Waals surface area contributed by atoms with Gasteiger partial charge >= 0.3 is 0 Å². The van der Waals surface area contributed by atoms with Crippen LogP contribution in [0.3, 0.4) is 0 Å². The molecule has 0 aliphatic heterocycles. The van der Waals surface area contributed by atoms with Gasteiger partial charge in [0, 0.05) is 26.6 Å². The van der Waals surface area contributed by atoms with Gasteiger partial charge in [0.1, 0.15) is 5.75 Å². The second-order valence-electron chi connectivity index (χ2n) is 4.90. The summed E-state index contributed by atoms with van der Waals surface area (Å²) in [5.74, 6) is 1.33. The van der Waals surface area contributed by atoms with Gasteiger partial charge in [0.25, 0.3) is 0 Å². The van der Waals surface area contributed by atoms with Gasteiger partial charge in [-0.15, -0.1) is 24.0 Å². The second kappa shape index (κ2) is 11.1. The molecule has 0 atom stereocenters. The number of nitrogens with one attached hydrogen (secondary N) is 1. The minimum atomic E-state index is 0. The fraction of sp³-hybridized carbons (Fsp3) is 0.353. The normalized spacial score (nSPS) is 11.1. The molecule has 0 fully saturated rings. The first kappa shape index (κ1) is 19.5. The van der Waals surface area contributed by atoms with Crippen molar-refractivity contribution in [2.24, 2.45) is 10.7 Å². The average molecular weight is 429 g/mol. The van der Waals surface area contributed by atoms with Crippen molar-refractivity contribution in [2.75, 3.05) is 33.4 Å². The number of rotatable bonds is 8. The minimum Gasteiger partial charge on any atom is -0.494 e. The topological polar surface area (TPSA) is 68.9 Å².